The van der Waals surface area contributed by atoms with Crippen molar-refractivity contribution in [2.45, 2.75) is 25.8 Å². The highest BCUT2D eigenvalue weighted by atomic mass is 19.3. The van der Waals surface area contributed by atoms with Gasteiger partial charge in [0.2, 0.25) is 0 Å². The molecule has 0 saturated carbocycles. The average Bonchev–Trinajstić information content (AvgIpc) is 2.99. The Hall–Kier alpha value is -2.15. The van der Waals surface area contributed by atoms with Crippen LogP contribution in [0.25, 0.3) is 0 Å². The molecule has 1 N–H and O–H groups in total. The topological polar surface area (TPSA) is 50.4 Å². The SMILES string of the molecule is FC1(F)Oc2ccc(CN3CCc4[nH]cnc4C3)cc2O1. The van der Waals surface area contributed by atoms with Crippen molar-refractivity contribution in [2.24, 2.45) is 0 Å². The Morgan fingerprint density at radius 2 is 2.14 bits per heavy atom. The van der Waals surface area contributed by atoms with Crippen LogP contribution in [0.2, 0.25) is 0 Å². The number of alkyl halides is 2. The molecule has 110 valence electrons. The van der Waals surface area contributed by atoms with Crippen molar-refractivity contribution in [3.05, 3.63) is 41.5 Å². The second-order valence-corrected chi connectivity index (χ2v) is 5.24. The molecule has 2 aliphatic rings. The first kappa shape index (κ1) is 12.6. The molecule has 7 heteroatoms. The minimum atomic E-state index is -3.56. The highest BCUT2D eigenvalue weighted by Crippen LogP contribution is 2.41. The van der Waals surface area contributed by atoms with E-state index < -0.39 is 6.29 Å². The standard InChI is InChI=1S/C14H13F2N3O2/c15-14(16)20-12-2-1-9(5-13(12)21-14)6-19-4-3-10-11(7-19)18-8-17-10/h1-2,5,8H,3-4,6-7H2,(H,17,18). The van der Waals surface area contributed by atoms with E-state index >= 15 is 0 Å². The number of imidazole rings is 1. The predicted octanol–water partition coefficient (Wildman–Crippen LogP) is 2.29. The lowest BCUT2D eigenvalue weighted by atomic mass is 10.1. The van der Waals surface area contributed by atoms with E-state index in [1.165, 1.54) is 11.8 Å². The molecule has 0 radical (unpaired) electrons. The van der Waals surface area contributed by atoms with Crippen LogP contribution in [-0.4, -0.2) is 27.7 Å². The van der Waals surface area contributed by atoms with E-state index in [0.29, 0.717) is 6.54 Å². The Morgan fingerprint density at radius 3 is 3.05 bits per heavy atom. The van der Waals surface area contributed by atoms with Gasteiger partial charge in [0.05, 0.1) is 12.0 Å². The molecule has 0 spiro atoms. The molecule has 21 heavy (non-hydrogen) atoms. The van der Waals surface area contributed by atoms with Gasteiger partial charge in [0.1, 0.15) is 0 Å². The van der Waals surface area contributed by atoms with Crippen molar-refractivity contribution in [1.82, 2.24) is 14.9 Å². The van der Waals surface area contributed by atoms with E-state index in [9.17, 15) is 8.78 Å². The lowest BCUT2D eigenvalue weighted by Gasteiger charge is -2.25. The first-order valence-corrected chi connectivity index (χ1v) is 6.71. The maximum Gasteiger partial charge on any atom is 0.586 e. The Morgan fingerprint density at radius 1 is 1.29 bits per heavy atom. The molecule has 4 rings (SSSR count). The zero-order chi connectivity index (χ0) is 14.4. The number of nitrogens with one attached hydrogen (secondary N) is 1. The molecule has 0 unspecified atom stereocenters. The fourth-order valence-corrected chi connectivity index (χ4v) is 2.75. The van der Waals surface area contributed by atoms with Gasteiger partial charge in [-0.15, -0.1) is 8.78 Å². The van der Waals surface area contributed by atoms with E-state index in [2.05, 4.69) is 24.3 Å². The first-order chi connectivity index (χ1) is 10.1. The van der Waals surface area contributed by atoms with Gasteiger partial charge in [0, 0.05) is 31.7 Å². The fraction of sp³-hybridized carbons (Fsp3) is 0.357. The number of H-pyrrole nitrogens is 1. The van der Waals surface area contributed by atoms with Gasteiger partial charge in [0.25, 0.3) is 0 Å². The average molecular weight is 293 g/mol. The fourth-order valence-electron chi connectivity index (χ4n) is 2.75. The molecule has 1 aromatic heterocycles. The number of halogens is 2. The first-order valence-electron chi connectivity index (χ1n) is 6.71. The highest BCUT2D eigenvalue weighted by molar-refractivity contribution is 5.45. The number of aromatic amines is 1. The van der Waals surface area contributed by atoms with Crippen LogP contribution in [0.5, 0.6) is 11.5 Å². The molecular weight excluding hydrogens is 280 g/mol. The van der Waals surface area contributed by atoms with Crippen molar-refractivity contribution in [2.75, 3.05) is 6.54 Å². The summed E-state index contributed by atoms with van der Waals surface area (Å²) in [5.74, 6) is 0.173. The van der Waals surface area contributed by atoms with Crippen molar-refractivity contribution >= 4 is 0 Å². The summed E-state index contributed by atoms with van der Waals surface area (Å²) in [6, 6.07) is 4.91. The van der Waals surface area contributed by atoms with Gasteiger partial charge in [0.15, 0.2) is 11.5 Å². The summed E-state index contributed by atoms with van der Waals surface area (Å²) < 4.78 is 34.8. The van der Waals surface area contributed by atoms with Gasteiger partial charge < -0.3 is 14.5 Å². The Balaban J connectivity index is 1.49. The summed E-state index contributed by atoms with van der Waals surface area (Å²) in [6.07, 6.45) is -0.940. The van der Waals surface area contributed by atoms with E-state index in [-0.39, 0.29) is 11.5 Å². The zero-order valence-corrected chi connectivity index (χ0v) is 11.1. The number of aromatic nitrogens is 2. The maximum atomic E-state index is 13.0. The number of benzene rings is 1. The quantitative estimate of drug-likeness (QED) is 0.923. The summed E-state index contributed by atoms with van der Waals surface area (Å²) in [7, 11) is 0. The molecule has 3 heterocycles. The third-order valence-corrected chi connectivity index (χ3v) is 3.73. The number of hydrogen-bond donors (Lipinski definition) is 1. The van der Waals surface area contributed by atoms with Crippen LogP contribution in [0.1, 0.15) is 17.0 Å². The third kappa shape index (κ3) is 2.33. The Bertz CT molecular complexity index is 687. The Kier molecular flexibility index (Phi) is 2.65. The summed E-state index contributed by atoms with van der Waals surface area (Å²) in [5.41, 5.74) is 3.14. The van der Waals surface area contributed by atoms with Gasteiger partial charge in [-0.1, -0.05) is 6.07 Å². The van der Waals surface area contributed by atoms with Gasteiger partial charge in [-0.3, -0.25) is 4.90 Å². The normalized spacial score (nSPS) is 19.5. The Labute approximate surface area is 119 Å². The van der Waals surface area contributed by atoms with E-state index in [0.717, 1.165) is 30.8 Å². The minimum Gasteiger partial charge on any atom is -0.395 e. The summed E-state index contributed by atoms with van der Waals surface area (Å²) in [6.45, 7) is 2.32. The number of nitrogens with zero attached hydrogens (tertiary/aromatic N) is 2. The zero-order valence-electron chi connectivity index (χ0n) is 11.1. The molecule has 0 bridgehead atoms. The molecule has 0 saturated heterocycles. The second-order valence-electron chi connectivity index (χ2n) is 5.24. The van der Waals surface area contributed by atoms with Gasteiger partial charge in [-0.2, -0.15) is 0 Å². The highest BCUT2D eigenvalue weighted by Gasteiger charge is 2.43. The lowest BCUT2D eigenvalue weighted by Crippen LogP contribution is -2.30. The van der Waals surface area contributed by atoms with Gasteiger partial charge in [-0.25, -0.2) is 4.98 Å². The second kappa shape index (κ2) is 4.42. The van der Waals surface area contributed by atoms with Gasteiger partial charge >= 0.3 is 6.29 Å². The summed E-state index contributed by atoms with van der Waals surface area (Å²) in [5, 5.41) is 0. The van der Waals surface area contributed by atoms with Crippen molar-refractivity contribution in [3.63, 3.8) is 0 Å². The van der Waals surface area contributed by atoms with Gasteiger partial charge in [-0.05, 0) is 17.7 Å². The van der Waals surface area contributed by atoms with Crippen LogP contribution in [0.3, 0.4) is 0 Å². The number of rotatable bonds is 2. The number of hydrogen-bond acceptors (Lipinski definition) is 4. The van der Waals surface area contributed by atoms with E-state index in [1.807, 2.05) is 0 Å². The van der Waals surface area contributed by atoms with E-state index in [1.54, 1.807) is 18.5 Å². The largest absolute Gasteiger partial charge is 0.586 e. The molecule has 0 aliphatic carbocycles. The van der Waals surface area contributed by atoms with Crippen LogP contribution in [-0.2, 0) is 19.5 Å². The molecule has 2 aliphatic heterocycles. The smallest absolute Gasteiger partial charge is 0.395 e. The minimum absolute atomic E-state index is 0.0805. The molecular formula is C14H13F2N3O2. The molecule has 1 aromatic carbocycles. The van der Waals surface area contributed by atoms with Crippen LogP contribution in [0, 0.1) is 0 Å². The van der Waals surface area contributed by atoms with Crippen LogP contribution >= 0.6 is 0 Å². The molecule has 0 atom stereocenters. The number of ether oxygens (including phenoxy) is 2. The molecule has 5 nitrogen and oxygen atoms in total. The number of fused-ring (bicyclic) bond motifs is 2. The predicted molar refractivity (Wildman–Crippen MR) is 69.1 cm³/mol. The van der Waals surface area contributed by atoms with Crippen molar-refractivity contribution in [3.8, 4) is 11.5 Å². The summed E-state index contributed by atoms with van der Waals surface area (Å²) >= 11 is 0. The maximum absolute atomic E-state index is 13.0. The van der Waals surface area contributed by atoms with Crippen molar-refractivity contribution < 1.29 is 18.3 Å². The molecule has 0 amide bonds. The summed E-state index contributed by atoms with van der Waals surface area (Å²) in [4.78, 5) is 9.63. The van der Waals surface area contributed by atoms with E-state index in [4.69, 9.17) is 0 Å². The third-order valence-electron chi connectivity index (χ3n) is 3.73. The molecule has 2 aromatic rings. The van der Waals surface area contributed by atoms with Crippen LogP contribution in [0.15, 0.2) is 24.5 Å². The lowest BCUT2D eigenvalue weighted by molar-refractivity contribution is -0.286. The molecule has 0 fully saturated rings. The van der Waals surface area contributed by atoms with Crippen LogP contribution < -0.4 is 9.47 Å². The monoisotopic (exact) mass is 293 g/mol. The van der Waals surface area contributed by atoms with Crippen molar-refractivity contribution in [1.29, 1.82) is 0 Å². The van der Waals surface area contributed by atoms with Crippen LogP contribution in [0.4, 0.5) is 8.78 Å².